The van der Waals surface area contributed by atoms with Crippen LogP contribution in [0.15, 0.2) is 24.3 Å². The lowest BCUT2D eigenvalue weighted by Gasteiger charge is -2.37. The van der Waals surface area contributed by atoms with Crippen molar-refractivity contribution in [3.8, 4) is 0 Å². The van der Waals surface area contributed by atoms with Gasteiger partial charge in [0.05, 0.1) is 0 Å². The SMILES string of the molecule is CCC(CC)C(=O)N1CCNC(=O)C1c1ccc(C)cc1. The van der Waals surface area contributed by atoms with Crippen molar-refractivity contribution >= 4 is 11.8 Å². The van der Waals surface area contributed by atoms with Gasteiger partial charge in [0, 0.05) is 19.0 Å². The van der Waals surface area contributed by atoms with Crippen LogP contribution in [-0.2, 0) is 9.59 Å². The molecule has 1 heterocycles. The van der Waals surface area contributed by atoms with Crippen molar-refractivity contribution in [2.75, 3.05) is 13.1 Å². The Balaban J connectivity index is 2.31. The number of carbonyl (C=O) groups excluding carboxylic acids is 2. The second kappa shape index (κ2) is 6.74. The number of hydrogen-bond donors (Lipinski definition) is 1. The molecule has 0 spiro atoms. The van der Waals surface area contributed by atoms with Crippen LogP contribution >= 0.6 is 0 Å². The fourth-order valence-electron chi connectivity index (χ4n) is 2.86. The Labute approximate surface area is 126 Å². The van der Waals surface area contributed by atoms with E-state index in [2.05, 4.69) is 5.32 Å². The predicted octanol–water partition coefficient (Wildman–Crippen LogP) is 2.43. The van der Waals surface area contributed by atoms with E-state index < -0.39 is 6.04 Å². The summed E-state index contributed by atoms with van der Waals surface area (Å²) >= 11 is 0. The van der Waals surface area contributed by atoms with Crippen LogP contribution in [0.25, 0.3) is 0 Å². The fourth-order valence-corrected chi connectivity index (χ4v) is 2.86. The first-order chi connectivity index (χ1) is 10.1. The molecule has 4 nitrogen and oxygen atoms in total. The maximum atomic E-state index is 12.7. The number of benzene rings is 1. The molecule has 1 aromatic carbocycles. The zero-order valence-electron chi connectivity index (χ0n) is 13.1. The normalized spacial score (nSPS) is 18.8. The van der Waals surface area contributed by atoms with E-state index in [9.17, 15) is 9.59 Å². The van der Waals surface area contributed by atoms with E-state index in [1.165, 1.54) is 0 Å². The van der Waals surface area contributed by atoms with E-state index in [-0.39, 0.29) is 17.7 Å². The van der Waals surface area contributed by atoms with Crippen LogP contribution in [0.5, 0.6) is 0 Å². The molecule has 4 heteroatoms. The van der Waals surface area contributed by atoms with Crippen LogP contribution in [0.1, 0.15) is 43.9 Å². The van der Waals surface area contributed by atoms with Gasteiger partial charge in [0.25, 0.3) is 0 Å². The molecule has 1 aliphatic heterocycles. The molecule has 1 atom stereocenters. The first-order valence-corrected chi connectivity index (χ1v) is 7.73. The largest absolute Gasteiger partial charge is 0.352 e. The minimum Gasteiger partial charge on any atom is -0.352 e. The number of rotatable bonds is 4. The van der Waals surface area contributed by atoms with Crippen molar-refractivity contribution in [2.45, 2.75) is 39.7 Å². The Kier molecular flexibility index (Phi) is 4.99. The van der Waals surface area contributed by atoms with Crippen LogP contribution < -0.4 is 5.32 Å². The molecule has 1 saturated heterocycles. The van der Waals surface area contributed by atoms with Crippen molar-refractivity contribution in [1.82, 2.24) is 10.2 Å². The highest BCUT2D eigenvalue weighted by atomic mass is 16.2. The topological polar surface area (TPSA) is 49.4 Å². The van der Waals surface area contributed by atoms with Gasteiger partial charge in [-0.15, -0.1) is 0 Å². The molecule has 0 saturated carbocycles. The molecule has 1 aromatic rings. The summed E-state index contributed by atoms with van der Waals surface area (Å²) < 4.78 is 0. The van der Waals surface area contributed by atoms with E-state index in [0.717, 1.165) is 24.0 Å². The van der Waals surface area contributed by atoms with Gasteiger partial charge in [-0.3, -0.25) is 9.59 Å². The molecule has 2 amide bonds. The zero-order valence-corrected chi connectivity index (χ0v) is 13.1. The molecular formula is C17H24N2O2. The summed E-state index contributed by atoms with van der Waals surface area (Å²) in [4.78, 5) is 26.7. The Bertz CT molecular complexity index is 506. The Hall–Kier alpha value is -1.84. The smallest absolute Gasteiger partial charge is 0.247 e. The summed E-state index contributed by atoms with van der Waals surface area (Å²) in [7, 11) is 0. The van der Waals surface area contributed by atoms with Gasteiger partial charge in [-0.25, -0.2) is 0 Å². The second-order valence-corrected chi connectivity index (χ2v) is 5.65. The van der Waals surface area contributed by atoms with Crippen molar-refractivity contribution < 1.29 is 9.59 Å². The van der Waals surface area contributed by atoms with Crippen LogP contribution in [0.4, 0.5) is 0 Å². The molecule has 1 fully saturated rings. The van der Waals surface area contributed by atoms with E-state index in [4.69, 9.17) is 0 Å². The molecule has 0 bridgehead atoms. The highest BCUT2D eigenvalue weighted by Gasteiger charge is 2.36. The average molecular weight is 288 g/mol. The lowest BCUT2D eigenvalue weighted by atomic mass is 9.96. The molecule has 21 heavy (non-hydrogen) atoms. The highest BCUT2D eigenvalue weighted by Crippen LogP contribution is 2.26. The van der Waals surface area contributed by atoms with Gasteiger partial charge in [0.2, 0.25) is 11.8 Å². The summed E-state index contributed by atoms with van der Waals surface area (Å²) in [5.41, 5.74) is 2.03. The highest BCUT2D eigenvalue weighted by molar-refractivity contribution is 5.90. The number of nitrogens with zero attached hydrogens (tertiary/aromatic N) is 1. The summed E-state index contributed by atoms with van der Waals surface area (Å²) in [6.45, 7) is 7.18. The van der Waals surface area contributed by atoms with E-state index in [1.54, 1.807) is 4.90 Å². The van der Waals surface area contributed by atoms with Gasteiger partial charge in [0.15, 0.2) is 0 Å². The minimum atomic E-state index is -0.493. The summed E-state index contributed by atoms with van der Waals surface area (Å²) in [5.74, 6) is 0.0219. The second-order valence-electron chi connectivity index (χ2n) is 5.65. The van der Waals surface area contributed by atoms with Crippen LogP contribution in [0.3, 0.4) is 0 Å². The maximum Gasteiger partial charge on any atom is 0.247 e. The van der Waals surface area contributed by atoms with Crippen LogP contribution in [-0.4, -0.2) is 29.8 Å². The molecular weight excluding hydrogens is 264 g/mol. The van der Waals surface area contributed by atoms with Gasteiger partial charge >= 0.3 is 0 Å². The summed E-state index contributed by atoms with van der Waals surface area (Å²) in [6, 6.07) is 7.36. The monoisotopic (exact) mass is 288 g/mol. The van der Waals surface area contributed by atoms with Gasteiger partial charge in [0.1, 0.15) is 6.04 Å². The Morgan fingerprint density at radius 2 is 1.90 bits per heavy atom. The zero-order chi connectivity index (χ0) is 15.4. The quantitative estimate of drug-likeness (QED) is 0.925. The van der Waals surface area contributed by atoms with Gasteiger partial charge in [-0.1, -0.05) is 43.7 Å². The number of nitrogens with one attached hydrogen (secondary N) is 1. The van der Waals surface area contributed by atoms with Crippen molar-refractivity contribution in [3.05, 3.63) is 35.4 Å². The Morgan fingerprint density at radius 1 is 1.29 bits per heavy atom. The first kappa shape index (κ1) is 15.5. The number of amides is 2. The molecule has 0 aliphatic carbocycles. The van der Waals surface area contributed by atoms with Gasteiger partial charge in [-0.2, -0.15) is 0 Å². The van der Waals surface area contributed by atoms with E-state index >= 15 is 0 Å². The van der Waals surface area contributed by atoms with E-state index in [1.807, 2.05) is 45.0 Å². The maximum absolute atomic E-state index is 12.7. The molecule has 0 radical (unpaired) electrons. The minimum absolute atomic E-state index is 0.00356. The third kappa shape index (κ3) is 3.26. The van der Waals surface area contributed by atoms with Gasteiger partial charge in [-0.05, 0) is 25.3 Å². The van der Waals surface area contributed by atoms with Crippen LogP contribution in [0.2, 0.25) is 0 Å². The third-order valence-corrected chi connectivity index (χ3v) is 4.22. The number of aryl methyl sites for hydroxylation is 1. The van der Waals surface area contributed by atoms with Crippen molar-refractivity contribution in [3.63, 3.8) is 0 Å². The van der Waals surface area contributed by atoms with Crippen molar-refractivity contribution in [1.29, 1.82) is 0 Å². The number of hydrogen-bond acceptors (Lipinski definition) is 2. The predicted molar refractivity (Wildman–Crippen MR) is 82.7 cm³/mol. The van der Waals surface area contributed by atoms with E-state index in [0.29, 0.717) is 13.1 Å². The molecule has 114 valence electrons. The van der Waals surface area contributed by atoms with Gasteiger partial charge < -0.3 is 10.2 Å². The molecule has 1 unspecified atom stereocenters. The number of carbonyl (C=O) groups is 2. The van der Waals surface area contributed by atoms with Crippen molar-refractivity contribution in [2.24, 2.45) is 5.92 Å². The first-order valence-electron chi connectivity index (χ1n) is 7.73. The molecule has 0 aromatic heterocycles. The molecule has 1 aliphatic rings. The lowest BCUT2D eigenvalue weighted by molar-refractivity contribution is -0.146. The number of piperazine rings is 1. The molecule has 1 N–H and O–H groups in total. The Morgan fingerprint density at radius 3 is 2.48 bits per heavy atom. The fraction of sp³-hybridized carbons (Fsp3) is 0.529. The lowest BCUT2D eigenvalue weighted by Crippen LogP contribution is -2.53. The average Bonchev–Trinajstić information content (AvgIpc) is 2.49. The molecule has 2 rings (SSSR count). The van der Waals surface area contributed by atoms with Crippen LogP contribution in [0, 0.1) is 12.8 Å². The third-order valence-electron chi connectivity index (χ3n) is 4.22. The summed E-state index contributed by atoms with van der Waals surface area (Å²) in [6.07, 6.45) is 1.63. The standard InChI is InChI=1S/C17H24N2O2/c1-4-13(5-2)17(21)19-11-10-18-16(20)15(19)14-8-6-12(3)7-9-14/h6-9,13,15H,4-5,10-11H2,1-3H3,(H,18,20). The summed E-state index contributed by atoms with van der Waals surface area (Å²) in [5, 5.41) is 2.87.